The molecule has 0 saturated carbocycles. The van der Waals surface area contributed by atoms with E-state index in [9.17, 15) is 4.79 Å². The van der Waals surface area contributed by atoms with Crippen LogP contribution in [0, 0.1) is 0 Å². The third-order valence-electron chi connectivity index (χ3n) is 5.17. The predicted molar refractivity (Wildman–Crippen MR) is 104 cm³/mol. The SMILES string of the molecule is O=C(Cc1ccc2c(c1)OCO2)NCc1cccc(-c2cn3c(n2)CCC3)c1. The van der Waals surface area contributed by atoms with Gasteiger partial charge in [0.25, 0.3) is 0 Å². The molecule has 0 bridgehead atoms. The van der Waals surface area contributed by atoms with Crippen molar-refractivity contribution in [3.05, 3.63) is 65.6 Å². The summed E-state index contributed by atoms with van der Waals surface area (Å²) in [5.74, 6) is 2.57. The van der Waals surface area contributed by atoms with Crippen molar-refractivity contribution in [3.8, 4) is 22.8 Å². The fraction of sp³-hybridized carbons (Fsp3) is 0.273. The number of carbonyl (C=O) groups is 1. The Morgan fingerprint density at radius 1 is 1.11 bits per heavy atom. The molecule has 2 aliphatic heterocycles. The van der Waals surface area contributed by atoms with Crippen LogP contribution in [0.4, 0.5) is 0 Å². The number of nitrogens with one attached hydrogen (secondary N) is 1. The van der Waals surface area contributed by atoms with Crippen molar-refractivity contribution >= 4 is 5.91 Å². The molecular weight excluding hydrogens is 354 g/mol. The average Bonchev–Trinajstić information content (AvgIpc) is 3.42. The maximum Gasteiger partial charge on any atom is 0.231 e. The molecule has 142 valence electrons. The lowest BCUT2D eigenvalue weighted by molar-refractivity contribution is -0.120. The van der Waals surface area contributed by atoms with E-state index in [2.05, 4.69) is 28.2 Å². The van der Waals surface area contributed by atoms with E-state index in [1.165, 1.54) is 6.42 Å². The van der Waals surface area contributed by atoms with Gasteiger partial charge in [-0.2, -0.15) is 0 Å². The molecular formula is C22H21N3O3. The summed E-state index contributed by atoms with van der Waals surface area (Å²) < 4.78 is 12.9. The number of carbonyl (C=O) groups excluding carboxylic acids is 1. The van der Waals surface area contributed by atoms with Gasteiger partial charge in [0.05, 0.1) is 12.1 Å². The van der Waals surface area contributed by atoms with Crippen LogP contribution >= 0.6 is 0 Å². The number of aromatic nitrogens is 2. The number of fused-ring (bicyclic) bond motifs is 2. The molecule has 3 heterocycles. The van der Waals surface area contributed by atoms with Gasteiger partial charge >= 0.3 is 0 Å². The molecule has 0 aliphatic carbocycles. The molecule has 5 rings (SSSR count). The highest BCUT2D eigenvalue weighted by atomic mass is 16.7. The van der Waals surface area contributed by atoms with Crippen molar-refractivity contribution in [2.45, 2.75) is 32.4 Å². The zero-order valence-electron chi connectivity index (χ0n) is 15.5. The van der Waals surface area contributed by atoms with E-state index in [-0.39, 0.29) is 12.7 Å². The number of benzene rings is 2. The average molecular weight is 375 g/mol. The normalized spacial score (nSPS) is 14.1. The van der Waals surface area contributed by atoms with Crippen LogP contribution in [-0.4, -0.2) is 22.3 Å². The van der Waals surface area contributed by atoms with E-state index in [1.807, 2.05) is 30.3 Å². The highest BCUT2D eigenvalue weighted by Gasteiger charge is 2.16. The molecule has 1 aromatic heterocycles. The predicted octanol–water partition coefficient (Wildman–Crippen LogP) is 3.08. The minimum atomic E-state index is -0.0229. The van der Waals surface area contributed by atoms with E-state index < -0.39 is 0 Å². The van der Waals surface area contributed by atoms with Crippen molar-refractivity contribution in [1.29, 1.82) is 0 Å². The first-order valence-corrected chi connectivity index (χ1v) is 9.55. The van der Waals surface area contributed by atoms with Gasteiger partial charge in [-0.05, 0) is 35.7 Å². The van der Waals surface area contributed by atoms with Crippen molar-refractivity contribution in [2.24, 2.45) is 0 Å². The first-order chi connectivity index (χ1) is 13.7. The minimum absolute atomic E-state index is 0.0229. The Morgan fingerprint density at radius 3 is 2.96 bits per heavy atom. The summed E-state index contributed by atoms with van der Waals surface area (Å²) in [6, 6.07) is 13.8. The lowest BCUT2D eigenvalue weighted by atomic mass is 10.1. The van der Waals surface area contributed by atoms with Gasteiger partial charge < -0.3 is 19.4 Å². The largest absolute Gasteiger partial charge is 0.454 e. The molecule has 0 unspecified atom stereocenters. The molecule has 6 heteroatoms. The Hall–Kier alpha value is -3.28. The number of ether oxygens (including phenoxy) is 2. The Balaban J connectivity index is 1.22. The molecule has 3 aromatic rings. The molecule has 2 aromatic carbocycles. The summed E-state index contributed by atoms with van der Waals surface area (Å²) in [5, 5.41) is 3.00. The summed E-state index contributed by atoms with van der Waals surface area (Å²) in [5.41, 5.74) is 4.06. The van der Waals surface area contributed by atoms with Crippen LogP contribution in [0.1, 0.15) is 23.4 Å². The molecule has 0 fully saturated rings. The van der Waals surface area contributed by atoms with Crippen molar-refractivity contribution in [1.82, 2.24) is 14.9 Å². The number of hydrogen-bond donors (Lipinski definition) is 1. The van der Waals surface area contributed by atoms with Crippen LogP contribution in [0.25, 0.3) is 11.3 Å². The number of rotatable bonds is 5. The minimum Gasteiger partial charge on any atom is -0.454 e. The van der Waals surface area contributed by atoms with E-state index >= 15 is 0 Å². The van der Waals surface area contributed by atoms with Gasteiger partial charge in [-0.15, -0.1) is 0 Å². The highest BCUT2D eigenvalue weighted by Crippen LogP contribution is 2.32. The fourth-order valence-corrected chi connectivity index (χ4v) is 3.73. The number of imidazole rings is 1. The zero-order chi connectivity index (χ0) is 18.9. The molecule has 6 nitrogen and oxygen atoms in total. The fourth-order valence-electron chi connectivity index (χ4n) is 3.73. The standard InChI is InChI=1S/C22H21N3O3/c26-22(11-15-6-7-19-20(10-15)28-14-27-19)23-12-16-3-1-4-17(9-16)18-13-25-8-2-5-21(25)24-18/h1,3-4,6-7,9-10,13H,2,5,8,11-12,14H2,(H,23,26). The zero-order valence-corrected chi connectivity index (χ0v) is 15.5. The monoisotopic (exact) mass is 375 g/mol. The van der Waals surface area contributed by atoms with Gasteiger partial charge in [-0.1, -0.05) is 24.3 Å². The quantitative estimate of drug-likeness (QED) is 0.744. The first kappa shape index (κ1) is 16.9. The van der Waals surface area contributed by atoms with Crippen LogP contribution in [0.15, 0.2) is 48.7 Å². The summed E-state index contributed by atoms with van der Waals surface area (Å²) >= 11 is 0. The van der Waals surface area contributed by atoms with Crippen molar-refractivity contribution in [3.63, 3.8) is 0 Å². The second-order valence-corrected chi connectivity index (χ2v) is 7.18. The number of nitrogens with zero attached hydrogens (tertiary/aromatic N) is 2. The molecule has 2 aliphatic rings. The van der Waals surface area contributed by atoms with E-state index in [4.69, 9.17) is 14.5 Å². The molecule has 0 radical (unpaired) electrons. The summed E-state index contributed by atoms with van der Waals surface area (Å²) in [6.45, 7) is 1.78. The van der Waals surface area contributed by atoms with Gasteiger partial charge in [-0.25, -0.2) is 4.98 Å². The maximum atomic E-state index is 12.3. The molecule has 0 atom stereocenters. The Kier molecular flexibility index (Phi) is 4.24. The van der Waals surface area contributed by atoms with Crippen molar-refractivity contribution in [2.75, 3.05) is 6.79 Å². The lowest BCUT2D eigenvalue weighted by Gasteiger charge is -2.07. The molecule has 1 amide bonds. The van der Waals surface area contributed by atoms with Gasteiger partial charge in [-0.3, -0.25) is 4.79 Å². The smallest absolute Gasteiger partial charge is 0.231 e. The lowest BCUT2D eigenvalue weighted by Crippen LogP contribution is -2.24. The molecule has 0 saturated heterocycles. The topological polar surface area (TPSA) is 65.4 Å². The number of amides is 1. The van der Waals surface area contributed by atoms with Crippen molar-refractivity contribution < 1.29 is 14.3 Å². The molecule has 28 heavy (non-hydrogen) atoms. The van der Waals surface area contributed by atoms with E-state index in [0.717, 1.165) is 46.9 Å². The van der Waals surface area contributed by atoms with E-state index in [0.29, 0.717) is 18.7 Å². The van der Waals surface area contributed by atoms with Crippen LogP contribution in [0.5, 0.6) is 11.5 Å². The van der Waals surface area contributed by atoms with Gasteiger partial charge in [0, 0.05) is 31.3 Å². The summed E-state index contributed by atoms with van der Waals surface area (Å²) in [7, 11) is 0. The Labute approximate surface area is 163 Å². The van der Waals surface area contributed by atoms with Crippen LogP contribution < -0.4 is 14.8 Å². The second kappa shape index (κ2) is 7.03. The number of hydrogen-bond acceptors (Lipinski definition) is 4. The van der Waals surface area contributed by atoms with Gasteiger partial charge in [0.1, 0.15) is 5.82 Å². The van der Waals surface area contributed by atoms with Gasteiger partial charge in [0.15, 0.2) is 11.5 Å². The Bertz CT molecular complexity index is 1020. The van der Waals surface area contributed by atoms with Crippen LogP contribution in [0.3, 0.4) is 0 Å². The third-order valence-corrected chi connectivity index (χ3v) is 5.17. The maximum absolute atomic E-state index is 12.3. The second-order valence-electron chi connectivity index (χ2n) is 7.18. The summed E-state index contributed by atoms with van der Waals surface area (Å²) in [6.07, 6.45) is 4.66. The third kappa shape index (κ3) is 3.33. The van der Waals surface area contributed by atoms with Gasteiger partial charge in [0.2, 0.25) is 12.7 Å². The van der Waals surface area contributed by atoms with Crippen LogP contribution in [-0.2, 0) is 30.7 Å². The Morgan fingerprint density at radius 2 is 2.04 bits per heavy atom. The first-order valence-electron chi connectivity index (χ1n) is 9.55. The van der Waals surface area contributed by atoms with E-state index in [1.54, 1.807) is 0 Å². The van der Waals surface area contributed by atoms with Crippen LogP contribution in [0.2, 0.25) is 0 Å². The summed E-state index contributed by atoms with van der Waals surface area (Å²) in [4.78, 5) is 17.1. The molecule has 1 N–H and O–H groups in total. The molecule has 0 spiro atoms. The number of aryl methyl sites for hydroxylation is 2. The highest BCUT2D eigenvalue weighted by molar-refractivity contribution is 5.78.